The van der Waals surface area contributed by atoms with Gasteiger partial charge in [-0.15, -0.1) is 11.8 Å². The highest BCUT2D eigenvalue weighted by atomic mass is 32.2. The van der Waals surface area contributed by atoms with Crippen LogP contribution in [0.2, 0.25) is 0 Å². The molecule has 18 heteroatoms. The Bertz CT molecular complexity index is 1130. The normalized spacial score (nSPS) is 30.6. The van der Waals surface area contributed by atoms with E-state index in [4.69, 9.17) is 47.4 Å². The summed E-state index contributed by atoms with van der Waals surface area (Å²) in [5.41, 5.74) is -0.922. The van der Waals surface area contributed by atoms with Gasteiger partial charge < -0.3 is 47.4 Å². The molecule has 0 aromatic heterocycles. The average Bonchev–Trinajstić information content (AvgIpc) is 2.91. The molecule has 2 aliphatic heterocycles. The van der Waals surface area contributed by atoms with Crippen molar-refractivity contribution in [2.45, 2.75) is 116 Å². The molecule has 0 amide bonds. The van der Waals surface area contributed by atoms with Crippen molar-refractivity contribution in [2.75, 3.05) is 19.0 Å². The SMILES string of the molecule is CCS[C@@H]1O[C@H](COC(C)=O)[C@@H](O[C@H]2O[C@H](COC(C)=O)[C@@H](OC(C)=O)[C@H](OC(C)=O)[C@H]2OC(C)=O)[C@H](OC(C)=O)[C@H]1OC(C)=O. The van der Waals surface area contributed by atoms with E-state index in [0.29, 0.717) is 5.75 Å². The highest BCUT2D eigenvalue weighted by Crippen LogP contribution is 2.37. The molecule has 46 heavy (non-hydrogen) atoms. The Morgan fingerprint density at radius 3 is 1.33 bits per heavy atom. The van der Waals surface area contributed by atoms with Crippen molar-refractivity contribution >= 4 is 53.5 Å². The second-order valence-corrected chi connectivity index (χ2v) is 11.5. The first-order valence-electron chi connectivity index (χ1n) is 14.2. The van der Waals surface area contributed by atoms with E-state index in [1.807, 2.05) is 0 Å². The van der Waals surface area contributed by atoms with E-state index in [9.17, 15) is 33.6 Å². The van der Waals surface area contributed by atoms with Gasteiger partial charge in [0.1, 0.15) is 37.0 Å². The quantitative estimate of drug-likeness (QED) is 0.190. The molecule has 0 bridgehead atoms. The number of carbonyl (C=O) groups is 7. The minimum absolute atomic E-state index is 0.434. The monoisotopic (exact) mass is 680 g/mol. The fourth-order valence-corrected chi connectivity index (χ4v) is 5.72. The molecule has 0 aliphatic carbocycles. The van der Waals surface area contributed by atoms with E-state index < -0.39 is 116 Å². The number of hydrogen-bond donors (Lipinski definition) is 0. The summed E-state index contributed by atoms with van der Waals surface area (Å²) in [7, 11) is 0. The lowest BCUT2D eigenvalue weighted by Crippen LogP contribution is -2.66. The number of thioether (sulfide) groups is 1. The van der Waals surface area contributed by atoms with Crippen molar-refractivity contribution in [2.24, 2.45) is 0 Å². The van der Waals surface area contributed by atoms with Crippen LogP contribution < -0.4 is 0 Å². The van der Waals surface area contributed by atoms with E-state index in [0.717, 1.165) is 48.5 Å². The molecule has 10 atom stereocenters. The zero-order chi connectivity index (χ0) is 34.7. The summed E-state index contributed by atoms with van der Waals surface area (Å²) in [6.45, 7) is 8.52. The zero-order valence-corrected chi connectivity index (χ0v) is 27.6. The van der Waals surface area contributed by atoms with E-state index in [1.54, 1.807) is 6.92 Å². The molecule has 2 fully saturated rings. The lowest BCUT2D eigenvalue weighted by Gasteiger charge is -2.48. The Kier molecular flexibility index (Phi) is 15.2. The van der Waals surface area contributed by atoms with Crippen molar-refractivity contribution in [3.8, 4) is 0 Å². The summed E-state index contributed by atoms with van der Waals surface area (Å²) in [5.74, 6) is -5.06. The molecule has 0 unspecified atom stereocenters. The highest BCUT2D eigenvalue weighted by molar-refractivity contribution is 7.99. The van der Waals surface area contributed by atoms with Crippen molar-refractivity contribution in [1.29, 1.82) is 0 Å². The minimum Gasteiger partial charge on any atom is -0.463 e. The number of ether oxygens (including phenoxy) is 10. The van der Waals surface area contributed by atoms with Crippen LogP contribution in [-0.2, 0) is 80.9 Å². The number of carbonyl (C=O) groups excluding carboxylic acids is 7. The predicted molar refractivity (Wildman–Crippen MR) is 151 cm³/mol. The predicted octanol–water partition coefficient (Wildman–Crippen LogP) is 0.359. The van der Waals surface area contributed by atoms with Crippen LogP contribution in [0, 0.1) is 0 Å². The maximum Gasteiger partial charge on any atom is 0.303 e. The highest BCUT2D eigenvalue weighted by Gasteiger charge is 2.57. The van der Waals surface area contributed by atoms with Crippen molar-refractivity contribution < 1.29 is 80.9 Å². The van der Waals surface area contributed by atoms with Gasteiger partial charge in [0.05, 0.1) is 0 Å². The minimum atomic E-state index is -1.72. The maximum absolute atomic E-state index is 12.3. The van der Waals surface area contributed by atoms with Crippen LogP contribution in [-0.4, -0.2) is 121 Å². The summed E-state index contributed by atoms with van der Waals surface area (Å²) in [5, 5.41) is 0. The van der Waals surface area contributed by atoms with E-state index in [2.05, 4.69) is 0 Å². The molecule has 0 N–H and O–H groups in total. The van der Waals surface area contributed by atoms with Gasteiger partial charge in [0.2, 0.25) is 0 Å². The third-order valence-corrected chi connectivity index (χ3v) is 7.26. The summed E-state index contributed by atoms with van der Waals surface area (Å²) in [6, 6.07) is 0. The Labute approximate surface area is 269 Å². The Balaban J connectivity index is 2.70. The van der Waals surface area contributed by atoms with Gasteiger partial charge in [-0.25, -0.2) is 0 Å². The van der Waals surface area contributed by atoms with E-state index >= 15 is 0 Å². The number of rotatable bonds is 13. The fourth-order valence-electron chi connectivity index (χ4n) is 4.77. The lowest BCUT2D eigenvalue weighted by atomic mass is 9.96. The molecule has 2 aliphatic rings. The molecular weight excluding hydrogens is 640 g/mol. The van der Waals surface area contributed by atoms with Crippen LogP contribution in [0.3, 0.4) is 0 Å². The molecule has 0 radical (unpaired) electrons. The van der Waals surface area contributed by atoms with Crippen LogP contribution in [0.15, 0.2) is 0 Å². The number of esters is 7. The van der Waals surface area contributed by atoms with Crippen LogP contribution in [0.1, 0.15) is 55.4 Å². The molecule has 2 heterocycles. The van der Waals surface area contributed by atoms with Crippen LogP contribution in [0.25, 0.3) is 0 Å². The molecule has 17 nitrogen and oxygen atoms in total. The summed E-state index contributed by atoms with van der Waals surface area (Å²) < 4.78 is 56.1. The molecule has 2 saturated heterocycles. The fraction of sp³-hybridized carbons (Fsp3) is 0.750. The summed E-state index contributed by atoms with van der Waals surface area (Å²) in [6.07, 6.45) is -13.1. The topological polar surface area (TPSA) is 212 Å². The largest absolute Gasteiger partial charge is 0.463 e. The van der Waals surface area contributed by atoms with Gasteiger partial charge >= 0.3 is 41.8 Å². The Morgan fingerprint density at radius 1 is 0.500 bits per heavy atom. The van der Waals surface area contributed by atoms with Gasteiger partial charge in [0.25, 0.3) is 0 Å². The summed E-state index contributed by atoms with van der Waals surface area (Å²) in [4.78, 5) is 84.5. The third-order valence-electron chi connectivity index (χ3n) is 6.22. The van der Waals surface area contributed by atoms with Gasteiger partial charge in [-0.3, -0.25) is 33.6 Å². The first-order chi connectivity index (χ1) is 21.5. The second-order valence-electron chi connectivity index (χ2n) is 10.1. The smallest absolute Gasteiger partial charge is 0.303 e. The maximum atomic E-state index is 12.3. The van der Waals surface area contributed by atoms with Gasteiger partial charge in [-0.1, -0.05) is 6.92 Å². The molecule has 260 valence electrons. The first kappa shape index (κ1) is 38.7. The van der Waals surface area contributed by atoms with Crippen LogP contribution in [0.5, 0.6) is 0 Å². The third kappa shape index (κ3) is 11.7. The Hall–Kier alpha value is -3.48. The number of hydrogen-bond acceptors (Lipinski definition) is 18. The molecule has 0 saturated carbocycles. The molecule has 0 aromatic rings. The van der Waals surface area contributed by atoms with Gasteiger partial charge in [0, 0.05) is 48.5 Å². The standard InChI is InChI=1S/C28H40O17S/c1-9-46-28-26(42-18(8)35)24(40-16(6)33)22(20(44-28)11-37-13(3)30)45-27-25(41-17(7)34)23(39-15(5)32)21(38-14(4)31)19(43-27)10-36-12(2)29/h19-28H,9-11H2,1-8H3/t19-,20-,21-,22-,23+,24+,25-,26-,27-,28+/m1/s1. The molecule has 2 rings (SSSR count). The van der Waals surface area contributed by atoms with E-state index in [1.165, 1.54) is 11.8 Å². The van der Waals surface area contributed by atoms with Crippen molar-refractivity contribution in [3.05, 3.63) is 0 Å². The summed E-state index contributed by atoms with van der Waals surface area (Å²) >= 11 is 1.21. The molecule has 0 aromatic carbocycles. The van der Waals surface area contributed by atoms with Gasteiger partial charge in [0.15, 0.2) is 36.8 Å². The molecular formula is C28H40O17S. The van der Waals surface area contributed by atoms with E-state index in [-0.39, 0.29) is 0 Å². The lowest BCUT2D eigenvalue weighted by molar-refractivity contribution is -0.341. The van der Waals surface area contributed by atoms with Crippen molar-refractivity contribution in [3.63, 3.8) is 0 Å². The second kappa shape index (κ2) is 18.0. The zero-order valence-electron chi connectivity index (χ0n) is 26.7. The van der Waals surface area contributed by atoms with Crippen LogP contribution >= 0.6 is 11.8 Å². The molecule has 0 spiro atoms. The van der Waals surface area contributed by atoms with Crippen LogP contribution in [0.4, 0.5) is 0 Å². The first-order valence-corrected chi connectivity index (χ1v) is 15.3. The average molecular weight is 681 g/mol. The Morgan fingerprint density at radius 2 is 0.891 bits per heavy atom. The van der Waals surface area contributed by atoms with Crippen molar-refractivity contribution in [1.82, 2.24) is 0 Å². The van der Waals surface area contributed by atoms with Gasteiger partial charge in [-0.05, 0) is 5.75 Å². The van der Waals surface area contributed by atoms with Gasteiger partial charge in [-0.2, -0.15) is 0 Å².